The van der Waals surface area contributed by atoms with Gasteiger partial charge in [0, 0.05) is 23.9 Å². The first kappa shape index (κ1) is 18.6. The van der Waals surface area contributed by atoms with E-state index in [0.29, 0.717) is 17.2 Å². The Bertz CT molecular complexity index is 745. The number of carbonyl (C=O) groups excluding carboxylic acids is 1. The minimum Gasteiger partial charge on any atom is -0.325 e. The zero-order chi connectivity index (χ0) is 18.4. The molecule has 6 heteroatoms. The first-order valence-electron chi connectivity index (χ1n) is 8.21. The maximum atomic E-state index is 12.2. The lowest BCUT2D eigenvalue weighted by Crippen LogP contribution is -2.33. The topological polar surface area (TPSA) is 84.3 Å². The van der Waals surface area contributed by atoms with Crippen molar-refractivity contribution in [2.45, 2.75) is 26.8 Å². The van der Waals surface area contributed by atoms with Gasteiger partial charge in [-0.15, -0.1) is 0 Å². The van der Waals surface area contributed by atoms with Crippen molar-refractivity contribution >= 4 is 17.3 Å². The second kappa shape index (κ2) is 8.39. The molecule has 0 radical (unpaired) electrons. The van der Waals surface area contributed by atoms with E-state index in [1.807, 2.05) is 30.3 Å². The molecule has 0 aliphatic rings. The Kier molecular flexibility index (Phi) is 6.25. The third kappa shape index (κ3) is 5.12. The van der Waals surface area contributed by atoms with Gasteiger partial charge in [0.05, 0.1) is 11.5 Å². The second-order valence-electron chi connectivity index (χ2n) is 6.32. The van der Waals surface area contributed by atoms with Crippen LogP contribution in [0.25, 0.3) is 0 Å². The van der Waals surface area contributed by atoms with Gasteiger partial charge in [-0.05, 0) is 30.0 Å². The van der Waals surface area contributed by atoms with Crippen LogP contribution in [-0.2, 0) is 4.79 Å². The number of nitro benzene ring substituents is 1. The molecule has 1 atom stereocenters. The molecule has 0 saturated heterocycles. The summed E-state index contributed by atoms with van der Waals surface area (Å²) < 4.78 is 0. The molecule has 0 aromatic heterocycles. The molecular weight excluding hydrogens is 318 g/mol. The fourth-order valence-electron chi connectivity index (χ4n) is 2.70. The molecule has 0 aliphatic heterocycles. The summed E-state index contributed by atoms with van der Waals surface area (Å²) in [6, 6.07) is 14.5. The zero-order valence-electron chi connectivity index (χ0n) is 14.7. The van der Waals surface area contributed by atoms with Crippen molar-refractivity contribution in [3.8, 4) is 0 Å². The van der Waals surface area contributed by atoms with Crippen molar-refractivity contribution in [2.24, 2.45) is 5.92 Å². The van der Waals surface area contributed by atoms with Crippen molar-refractivity contribution in [2.75, 3.05) is 11.9 Å². The van der Waals surface area contributed by atoms with Gasteiger partial charge in [0.2, 0.25) is 5.91 Å². The van der Waals surface area contributed by atoms with Gasteiger partial charge < -0.3 is 10.6 Å². The molecular formula is C19H23N3O3. The fraction of sp³-hybridized carbons (Fsp3) is 0.316. The van der Waals surface area contributed by atoms with E-state index < -0.39 is 4.92 Å². The van der Waals surface area contributed by atoms with E-state index in [9.17, 15) is 14.9 Å². The van der Waals surface area contributed by atoms with E-state index in [0.717, 1.165) is 5.56 Å². The molecule has 25 heavy (non-hydrogen) atoms. The Morgan fingerprint density at radius 3 is 2.40 bits per heavy atom. The lowest BCUT2D eigenvalue weighted by Gasteiger charge is -2.23. The smallest absolute Gasteiger partial charge is 0.269 e. The summed E-state index contributed by atoms with van der Waals surface area (Å²) in [5.74, 6) is 0.148. The van der Waals surface area contributed by atoms with Crippen molar-refractivity contribution < 1.29 is 9.72 Å². The molecule has 0 bridgehead atoms. The van der Waals surface area contributed by atoms with Crippen LogP contribution >= 0.6 is 0 Å². The zero-order valence-corrected chi connectivity index (χ0v) is 14.7. The Hall–Kier alpha value is -2.73. The molecule has 0 aliphatic carbocycles. The van der Waals surface area contributed by atoms with E-state index in [4.69, 9.17) is 0 Å². The number of non-ortho nitro benzene ring substituents is 1. The molecule has 2 N–H and O–H groups in total. The summed E-state index contributed by atoms with van der Waals surface area (Å²) in [5.41, 5.74) is 2.39. The van der Waals surface area contributed by atoms with E-state index in [1.165, 1.54) is 12.1 Å². The molecule has 132 valence electrons. The standard InChI is InChI=1S/C19H23N3O3/c1-13(2)19(15-7-5-4-6-8-15)20-12-18(23)21-17-10-9-16(22(24)25)11-14(17)3/h4-11,13,19-20H,12H2,1-3H3,(H,21,23)/t19-/m1/s1. The highest BCUT2D eigenvalue weighted by molar-refractivity contribution is 5.93. The number of nitrogens with one attached hydrogen (secondary N) is 2. The summed E-state index contributed by atoms with van der Waals surface area (Å²) in [6.07, 6.45) is 0. The Labute approximate surface area is 147 Å². The lowest BCUT2D eigenvalue weighted by atomic mass is 9.96. The highest BCUT2D eigenvalue weighted by Crippen LogP contribution is 2.22. The molecule has 2 rings (SSSR count). The summed E-state index contributed by atoms with van der Waals surface area (Å²) in [4.78, 5) is 22.6. The van der Waals surface area contributed by atoms with Crippen LogP contribution < -0.4 is 10.6 Å². The average Bonchev–Trinajstić information content (AvgIpc) is 2.57. The number of nitro groups is 1. The molecule has 2 aromatic carbocycles. The van der Waals surface area contributed by atoms with E-state index in [-0.39, 0.29) is 24.2 Å². The Balaban J connectivity index is 1.99. The van der Waals surface area contributed by atoms with Gasteiger partial charge in [0.1, 0.15) is 0 Å². The molecule has 0 spiro atoms. The van der Waals surface area contributed by atoms with Crippen molar-refractivity contribution in [1.82, 2.24) is 5.32 Å². The number of rotatable bonds is 7. The van der Waals surface area contributed by atoms with Crippen LogP contribution in [0, 0.1) is 23.0 Å². The number of aryl methyl sites for hydroxylation is 1. The highest BCUT2D eigenvalue weighted by atomic mass is 16.6. The number of anilines is 1. The molecule has 6 nitrogen and oxygen atoms in total. The number of benzene rings is 2. The molecule has 0 heterocycles. The number of amides is 1. The van der Waals surface area contributed by atoms with Gasteiger partial charge in [-0.25, -0.2) is 0 Å². The van der Waals surface area contributed by atoms with Crippen LogP contribution in [0.15, 0.2) is 48.5 Å². The minimum atomic E-state index is -0.451. The highest BCUT2D eigenvalue weighted by Gasteiger charge is 2.17. The van der Waals surface area contributed by atoms with Crippen LogP contribution in [-0.4, -0.2) is 17.4 Å². The first-order valence-corrected chi connectivity index (χ1v) is 8.21. The van der Waals surface area contributed by atoms with Crippen LogP contribution in [0.4, 0.5) is 11.4 Å². The van der Waals surface area contributed by atoms with Crippen molar-refractivity contribution in [3.63, 3.8) is 0 Å². The fourth-order valence-corrected chi connectivity index (χ4v) is 2.70. The molecule has 0 unspecified atom stereocenters. The van der Waals surface area contributed by atoms with Crippen molar-refractivity contribution in [3.05, 3.63) is 69.8 Å². The minimum absolute atomic E-state index is 0.0116. The normalized spacial score (nSPS) is 12.0. The lowest BCUT2D eigenvalue weighted by molar-refractivity contribution is -0.384. The van der Waals surface area contributed by atoms with Gasteiger partial charge in [-0.3, -0.25) is 14.9 Å². The van der Waals surface area contributed by atoms with E-state index >= 15 is 0 Å². The van der Waals surface area contributed by atoms with Crippen molar-refractivity contribution in [1.29, 1.82) is 0 Å². The summed E-state index contributed by atoms with van der Waals surface area (Å²) in [6.45, 7) is 6.09. The molecule has 0 saturated carbocycles. The maximum Gasteiger partial charge on any atom is 0.269 e. The van der Waals surface area contributed by atoms with Crippen LogP contribution in [0.2, 0.25) is 0 Å². The molecule has 2 aromatic rings. The van der Waals surface area contributed by atoms with Crippen LogP contribution in [0.3, 0.4) is 0 Å². The third-order valence-corrected chi connectivity index (χ3v) is 4.00. The van der Waals surface area contributed by atoms with Gasteiger partial charge in [-0.2, -0.15) is 0 Å². The first-order chi connectivity index (χ1) is 11.9. The quantitative estimate of drug-likeness (QED) is 0.592. The summed E-state index contributed by atoms with van der Waals surface area (Å²) in [5, 5.41) is 16.9. The number of hydrogen-bond donors (Lipinski definition) is 2. The van der Waals surface area contributed by atoms with Gasteiger partial charge in [0.25, 0.3) is 5.69 Å². The largest absolute Gasteiger partial charge is 0.325 e. The van der Waals surface area contributed by atoms with Crippen LogP contribution in [0.5, 0.6) is 0 Å². The monoisotopic (exact) mass is 341 g/mol. The predicted molar refractivity (Wildman–Crippen MR) is 98.5 cm³/mol. The van der Waals surface area contributed by atoms with E-state index in [1.54, 1.807) is 13.0 Å². The Morgan fingerprint density at radius 2 is 1.84 bits per heavy atom. The Morgan fingerprint density at radius 1 is 1.16 bits per heavy atom. The molecule has 1 amide bonds. The number of nitrogens with zero attached hydrogens (tertiary/aromatic N) is 1. The predicted octanol–water partition coefficient (Wildman–Crippen LogP) is 3.83. The van der Waals surface area contributed by atoms with Gasteiger partial charge in [-0.1, -0.05) is 44.2 Å². The SMILES string of the molecule is Cc1cc([N+](=O)[O-])ccc1NC(=O)CN[C@@H](c1ccccc1)C(C)C. The van der Waals surface area contributed by atoms with Gasteiger partial charge >= 0.3 is 0 Å². The summed E-state index contributed by atoms with van der Waals surface area (Å²) in [7, 11) is 0. The summed E-state index contributed by atoms with van der Waals surface area (Å²) >= 11 is 0. The number of hydrogen-bond acceptors (Lipinski definition) is 4. The van der Waals surface area contributed by atoms with E-state index in [2.05, 4.69) is 24.5 Å². The second-order valence-corrected chi connectivity index (χ2v) is 6.32. The van der Waals surface area contributed by atoms with Gasteiger partial charge in [0.15, 0.2) is 0 Å². The number of carbonyl (C=O) groups is 1. The average molecular weight is 341 g/mol. The van der Waals surface area contributed by atoms with Crippen LogP contribution in [0.1, 0.15) is 31.0 Å². The molecule has 0 fully saturated rings. The maximum absolute atomic E-state index is 12.2. The third-order valence-electron chi connectivity index (χ3n) is 4.00.